The van der Waals surface area contributed by atoms with Crippen molar-refractivity contribution in [1.29, 1.82) is 0 Å². The standard InChI is InChI=1S/C4H8INO3/c7-4-6-3-5(8)1-2-9-4/h8H,1-3H2,(H,6,7). The molecular formula is C4H8INO3. The number of alkyl halides is 2. The Morgan fingerprint density at radius 3 is 3.33 bits per heavy atom. The van der Waals surface area contributed by atoms with Gasteiger partial charge >= 0.3 is 60.2 Å². The molecule has 2 N–H and O–H groups in total. The number of alkyl carbamates (subject to hydrolysis) is 1. The van der Waals surface area contributed by atoms with Gasteiger partial charge in [-0.2, -0.15) is 0 Å². The Labute approximate surface area is 60.5 Å². The normalized spacial score (nSPS) is 24.1. The third kappa shape index (κ3) is 2.35. The Hall–Kier alpha value is -0.0400. The summed E-state index contributed by atoms with van der Waals surface area (Å²) in [7, 11) is 0. The van der Waals surface area contributed by atoms with Crippen LogP contribution >= 0.6 is 20.2 Å². The van der Waals surface area contributed by atoms with Gasteiger partial charge < -0.3 is 0 Å². The van der Waals surface area contributed by atoms with Crippen LogP contribution in [0, 0.1) is 0 Å². The van der Waals surface area contributed by atoms with E-state index >= 15 is 0 Å². The van der Waals surface area contributed by atoms with Crippen LogP contribution < -0.4 is 5.32 Å². The molecule has 4 nitrogen and oxygen atoms in total. The summed E-state index contributed by atoms with van der Waals surface area (Å²) in [5, 5.41) is 2.45. The van der Waals surface area contributed by atoms with E-state index in [2.05, 4.69) is 10.1 Å². The molecular weight excluding hydrogens is 237 g/mol. The predicted octanol–water partition coefficient (Wildman–Crippen LogP) is 0.0974. The van der Waals surface area contributed by atoms with E-state index in [4.69, 9.17) is 3.44 Å². The van der Waals surface area contributed by atoms with Crippen LogP contribution in [0.4, 0.5) is 4.79 Å². The van der Waals surface area contributed by atoms with Crippen LogP contribution in [0.25, 0.3) is 0 Å². The van der Waals surface area contributed by atoms with Crippen molar-refractivity contribution in [3.05, 3.63) is 0 Å². The second-order valence-electron chi connectivity index (χ2n) is 1.56. The monoisotopic (exact) mass is 245 g/mol. The van der Waals surface area contributed by atoms with Crippen LogP contribution in [0.5, 0.6) is 0 Å². The van der Waals surface area contributed by atoms with Gasteiger partial charge in [0.05, 0.1) is 0 Å². The molecule has 9 heavy (non-hydrogen) atoms. The molecule has 0 unspecified atom stereocenters. The average Bonchev–Trinajstić information content (AvgIpc) is 1.97. The molecule has 1 fully saturated rings. The first-order valence-corrected chi connectivity index (χ1v) is 6.52. The Balaban J connectivity index is 2.34. The molecule has 0 spiro atoms. The molecule has 5 heteroatoms. The molecule has 0 aromatic heterocycles. The summed E-state index contributed by atoms with van der Waals surface area (Å²) >= 11 is -1.79. The summed E-state index contributed by atoms with van der Waals surface area (Å²) in [6.45, 7) is 0.382. The minimum atomic E-state index is -1.79. The topological polar surface area (TPSA) is 58.6 Å². The fourth-order valence-corrected chi connectivity index (χ4v) is 2.33. The Kier molecular flexibility index (Phi) is 2.52. The molecule has 0 aromatic carbocycles. The molecule has 1 heterocycles. The second kappa shape index (κ2) is 3.21. The van der Waals surface area contributed by atoms with Crippen molar-refractivity contribution in [3.8, 4) is 0 Å². The van der Waals surface area contributed by atoms with Gasteiger partial charge in [-0.3, -0.25) is 0 Å². The molecule has 0 saturated carbocycles. The molecule has 1 rings (SSSR count). The van der Waals surface area contributed by atoms with Gasteiger partial charge in [-0.15, -0.1) is 0 Å². The van der Waals surface area contributed by atoms with E-state index in [0.29, 0.717) is 15.6 Å². The van der Waals surface area contributed by atoms with Gasteiger partial charge in [0, 0.05) is 0 Å². The molecule has 0 bridgehead atoms. The van der Waals surface area contributed by atoms with Crippen molar-refractivity contribution >= 4 is 26.3 Å². The predicted molar refractivity (Wildman–Crippen MR) is 40.5 cm³/mol. The number of hydrogen-bond acceptors (Lipinski definition) is 3. The third-order valence-electron chi connectivity index (χ3n) is 0.894. The summed E-state index contributed by atoms with van der Waals surface area (Å²) in [6, 6.07) is 0. The first-order valence-electron chi connectivity index (χ1n) is 2.50. The third-order valence-corrected chi connectivity index (χ3v) is 3.84. The summed E-state index contributed by atoms with van der Waals surface area (Å²) < 4.78 is 14.8. The molecule has 0 aliphatic carbocycles. The van der Waals surface area contributed by atoms with E-state index in [1.54, 1.807) is 0 Å². The zero-order valence-corrected chi connectivity index (χ0v) is 6.92. The first-order chi connectivity index (χ1) is 4.29. The van der Waals surface area contributed by atoms with Crippen LogP contribution in [0.2, 0.25) is 0 Å². The number of carbonyl (C=O) groups excluding carboxylic acids is 1. The van der Waals surface area contributed by atoms with Crippen LogP contribution in [-0.2, 0) is 4.74 Å². The zero-order valence-electron chi connectivity index (χ0n) is 4.76. The number of cyclic esters (lactones) is 1. The van der Waals surface area contributed by atoms with E-state index in [9.17, 15) is 4.79 Å². The number of nitrogens with one attached hydrogen (secondary N) is 1. The van der Waals surface area contributed by atoms with Gasteiger partial charge in [0.1, 0.15) is 0 Å². The minimum absolute atomic E-state index is 0.382. The van der Waals surface area contributed by atoms with Crippen LogP contribution in [0.15, 0.2) is 0 Å². The van der Waals surface area contributed by atoms with Crippen molar-refractivity contribution in [2.45, 2.75) is 0 Å². The maximum atomic E-state index is 10.4. The van der Waals surface area contributed by atoms with Crippen molar-refractivity contribution in [3.63, 3.8) is 0 Å². The van der Waals surface area contributed by atoms with E-state index in [0.717, 1.165) is 0 Å². The molecule has 54 valence electrons. The van der Waals surface area contributed by atoms with Crippen LogP contribution in [0.1, 0.15) is 0 Å². The fourth-order valence-electron chi connectivity index (χ4n) is 0.470. The van der Waals surface area contributed by atoms with E-state index in [1.165, 1.54) is 0 Å². The molecule has 1 aliphatic rings. The molecule has 1 saturated heterocycles. The Bertz CT molecular complexity index is 118. The number of carbonyl (C=O) groups is 1. The molecule has 0 aromatic rings. The molecule has 0 radical (unpaired) electrons. The number of hydrogen-bond donors (Lipinski definition) is 2. The van der Waals surface area contributed by atoms with Gasteiger partial charge in [-0.05, 0) is 0 Å². The maximum absolute atomic E-state index is 10.4. The van der Waals surface area contributed by atoms with Crippen molar-refractivity contribution < 1.29 is 13.0 Å². The van der Waals surface area contributed by atoms with Crippen molar-refractivity contribution in [2.24, 2.45) is 0 Å². The summed E-state index contributed by atoms with van der Waals surface area (Å²) in [6.07, 6.45) is -0.399. The molecule has 1 amide bonds. The second-order valence-corrected chi connectivity index (χ2v) is 5.85. The van der Waals surface area contributed by atoms with Crippen molar-refractivity contribution in [1.82, 2.24) is 5.32 Å². The van der Waals surface area contributed by atoms with E-state index in [1.807, 2.05) is 0 Å². The number of rotatable bonds is 0. The summed E-state index contributed by atoms with van der Waals surface area (Å²) in [5.41, 5.74) is 0. The van der Waals surface area contributed by atoms with E-state index in [-0.39, 0.29) is 0 Å². The summed E-state index contributed by atoms with van der Waals surface area (Å²) in [4.78, 5) is 10.4. The molecule has 1 aliphatic heterocycles. The number of ether oxygens (including phenoxy) is 1. The van der Waals surface area contributed by atoms with Crippen LogP contribution in [-0.4, -0.2) is 25.1 Å². The van der Waals surface area contributed by atoms with Crippen LogP contribution in [0.3, 0.4) is 0 Å². The van der Waals surface area contributed by atoms with Crippen molar-refractivity contribution in [2.75, 3.05) is 15.6 Å². The quantitative estimate of drug-likeness (QED) is 0.361. The SMILES string of the molecule is O=C1NCI(O)CCO1. The van der Waals surface area contributed by atoms with Gasteiger partial charge in [0.2, 0.25) is 0 Å². The fraction of sp³-hybridized carbons (Fsp3) is 0.750. The van der Waals surface area contributed by atoms with Gasteiger partial charge in [-0.1, -0.05) is 0 Å². The van der Waals surface area contributed by atoms with Gasteiger partial charge in [0.15, 0.2) is 0 Å². The number of amides is 1. The van der Waals surface area contributed by atoms with Gasteiger partial charge in [0.25, 0.3) is 0 Å². The molecule has 0 atom stereocenters. The summed E-state index contributed by atoms with van der Waals surface area (Å²) in [5.74, 6) is 0. The Morgan fingerprint density at radius 1 is 1.78 bits per heavy atom. The zero-order chi connectivity index (χ0) is 6.69. The first kappa shape index (κ1) is 7.07. The van der Waals surface area contributed by atoms with E-state index < -0.39 is 26.3 Å². The number of halogens is 1. The Morgan fingerprint density at radius 2 is 2.56 bits per heavy atom. The average molecular weight is 245 g/mol. The van der Waals surface area contributed by atoms with Gasteiger partial charge in [-0.25, -0.2) is 0 Å².